The van der Waals surface area contributed by atoms with Crippen LogP contribution in [0.4, 0.5) is 5.00 Å². The molecule has 0 radical (unpaired) electrons. The van der Waals surface area contributed by atoms with Crippen LogP contribution in [0.2, 0.25) is 0 Å². The molecule has 1 aromatic heterocycles. The fraction of sp³-hybridized carbons (Fsp3) is 0.500. The highest BCUT2D eigenvalue weighted by Crippen LogP contribution is 2.22. The monoisotopic (exact) mass is 265 g/mol. The zero-order valence-electron chi connectivity index (χ0n) is 9.93. The fourth-order valence-corrected chi connectivity index (χ4v) is 2.82. The number of likely N-dealkylation sites (tertiary alicyclic amines) is 1. The van der Waals surface area contributed by atoms with Crippen LogP contribution in [0.1, 0.15) is 12.0 Å². The first-order valence-electron chi connectivity index (χ1n) is 5.83. The zero-order valence-corrected chi connectivity index (χ0v) is 10.7. The van der Waals surface area contributed by atoms with Gasteiger partial charge in [0.05, 0.1) is 12.1 Å². The third-order valence-electron chi connectivity index (χ3n) is 3.03. The van der Waals surface area contributed by atoms with Gasteiger partial charge in [-0.1, -0.05) is 0 Å². The molecule has 0 spiro atoms. The number of nitrogens with one attached hydrogen (secondary N) is 1. The summed E-state index contributed by atoms with van der Waals surface area (Å²) in [5.41, 5.74) is 0.503. The van der Waals surface area contributed by atoms with E-state index >= 15 is 0 Å². The van der Waals surface area contributed by atoms with E-state index in [0.29, 0.717) is 17.1 Å². The van der Waals surface area contributed by atoms with Crippen molar-refractivity contribution in [2.24, 2.45) is 5.92 Å². The Bertz CT molecular complexity index is 466. The third-order valence-corrected chi connectivity index (χ3v) is 3.86. The average molecular weight is 265 g/mol. The van der Waals surface area contributed by atoms with Crippen molar-refractivity contribution in [1.29, 1.82) is 5.26 Å². The number of hydrogen-bond acceptors (Lipinski definition) is 5. The topological polar surface area (TPSA) is 76.4 Å². The number of rotatable bonds is 4. The molecule has 1 amide bonds. The maximum atomic E-state index is 11.8. The van der Waals surface area contributed by atoms with Crippen LogP contribution in [0.15, 0.2) is 11.4 Å². The maximum absolute atomic E-state index is 11.8. The number of nitrogens with zero attached hydrogens (tertiary/aromatic N) is 2. The molecule has 1 aliphatic heterocycles. The minimum atomic E-state index is -0.104. The number of aliphatic hydroxyl groups excluding tert-OH is 1. The highest BCUT2D eigenvalue weighted by molar-refractivity contribution is 7.14. The van der Waals surface area contributed by atoms with E-state index in [1.807, 2.05) is 11.0 Å². The summed E-state index contributed by atoms with van der Waals surface area (Å²) in [5, 5.41) is 23.0. The van der Waals surface area contributed by atoms with Crippen molar-refractivity contribution in [2.75, 3.05) is 31.6 Å². The van der Waals surface area contributed by atoms with E-state index in [-0.39, 0.29) is 18.4 Å². The van der Waals surface area contributed by atoms with Crippen molar-refractivity contribution >= 4 is 22.2 Å². The van der Waals surface area contributed by atoms with Crippen LogP contribution in [0.25, 0.3) is 0 Å². The van der Waals surface area contributed by atoms with Gasteiger partial charge in [-0.05, 0) is 30.3 Å². The Hall–Kier alpha value is -1.42. The van der Waals surface area contributed by atoms with Crippen LogP contribution in [0.3, 0.4) is 0 Å². The van der Waals surface area contributed by atoms with Gasteiger partial charge in [-0.15, -0.1) is 11.3 Å². The third kappa shape index (κ3) is 3.07. The number of carbonyl (C=O) groups is 1. The van der Waals surface area contributed by atoms with Gasteiger partial charge in [0, 0.05) is 13.2 Å². The summed E-state index contributed by atoms with van der Waals surface area (Å²) in [5.74, 6) is 0.182. The van der Waals surface area contributed by atoms with E-state index in [1.165, 1.54) is 11.3 Å². The number of anilines is 1. The Labute approximate surface area is 110 Å². The Kier molecular flexibility index (Phi) is 4.31. The lowest BCUT2D eigenvalue weighted by atomic mass is 10.1. The van der Waals surface area contributed by atoms with Gasteiger partial charge in [0.1, 0.15) is 11.1 Å². The summed E-state index contributed by atoms with van der Waals surface area (Å²) in [6, 6.07) is 3.73. The van der Waals surface area contributed by atoms with Crippen LogP contribution in [-0.2, 0) is 4.79 Å². The molecule has 1 saturated heterocycles. The molecule has 1 aliphatic rings. The Morgan fingerprint density at radius 1 is 1.72 bits per heavy atom. The summed E-state index contributed by atoms with van der Waals surface area (Å²) in [6.07, 6.45) is 0.937. The van der Waals surface area contributed by atoms with Crippen LogP contribution >= 0.6 is 11.3 Å². The normalized spacial score (nSPS) is 19.7. The molecule has 6 heteroatoms. The number of hydrogen-bond donors (Lipinski definition) is 2. The minimum absolute atomic E-state index is 0.104. The van der Waals surface area contributed by atoms with E-state index in [2.05, 4.69) is 5.32 Å². The smallest absolute Gasteiger partial charge is 0.239 e. The van der Waals surface area contributed by atoms with E-state index in [9.17, 15) is 4.79 Å². The van der Waals surface area contributed by atoms with Crippen LogP contribution in [0, 0.1) is 17.2 Å². The first kappa shape index (κ1) is 13.0. The summed E-state index contributed by atoms with van der Waals surface area (Å²) in [4.78, 5) is 13.8. The van der Waals surface area contributed by atoms with Gasteiger partial charge in [0.15, 0.2) is 0 Å². The van der Waals surface area contributed by atoms with Crippen molar-refractivity contribution < 1.29 is 9.90 Å². The summed E-state index contributed by atoms with van der Waals surface area (Å²) >= 11 is 1.35. The highest BCUT2D eigenvalue weighted by atomic mass is 32.1. The van der Waals surface area contributed by atoms with Crippen molar-refractivity contribution in [3.05, 3.63) is 17.0 Å². The van der Waals surface area contributed by atoms with E-state index < -0.39 is 0 Å². The minimum Gasteiger partial charge on any atom is -0.396 e. The Balaban J connectivity index is 1.85. The molecule has 18 heavy (non-hydrogen) atoms. The summed E-state index contributed by atoms with van der Waals surface area (Å²) in [7, 11) is 0. The number of nitriles is 1. The van der Waals surface area contributed by atoms with Gasteiger partial charge in [-0.2, -0.15) is 5.26 Å². The van der Waals surface area contributed by atoms with Crippen LogP contribution in [0.5, 0.6) is 0 Å². The second-order valence-electron chi connectivity index (χ2n) is 4.40. The van der Waals surface area contributed by atoms with Crippen molar-refractivity contribution in [2.45, 2.75) is 6.42 Å². The maximum Gasteiger partial charge on any atom is 0.239 e. The highest BCUT2D eigenvalue weighted by Gasteiger charge is 2.23. The molecule has 2 rings (SSSR count). The molecular formula is C12H15N3O2S. The van der Waals surface area contributed by atoms with Crippen molar-refractivity contribution in [3.8, 4) is 6.07 Å². The quantitative estimate of drug-likeness (QED) is 0.847. The molecule has 96 valence electrons. The lowest BCUT2D eigenvalue weighted by Crippen LogP contribution is -2.31. The lowest BCUT2D eigenvalue weighted by Gasteiger charge is -2.14. The molecule has 1 aromatic rings. The molecule has 2 N–H and O–H groups in total. The second kappa shape index (κ2) is 5.96. The largest absolute Gasteiger partial charge is 0.396 e. The predicted molar refractivity (Wildman–Crippen MR) is 69.3 cm³/mol. The first-order chi connectivity index (χ1) is 8.72. The zero-order chi connectivity index (χ0) is 13.0. The molecule has 1 fully saturated rings. The van der Waals surface area contributed by atoms with Gasteiger partial charge in [0.2, 0.25) is 5.91 Å². The average Bonchev–Trinajstić information content (AvgIpc) is 2.97. The molecule has 0 aliphatic carbocycles. The van der Waals surface area contributed by atoms with Crippen LogP contribution in [-0.4, -0.2) is 42.2 Å². The first-order valence-corrected chi connectivity index (χ1v) is 6.71. The van der Waals surface area contributed by atoms with Crippen molar-refractivity contribution in [3.63, 3.8) is 0 Å². The summed E-state index contributed by atoms with van der Waals surface area (Å²) < 4.78 is 0. The molecule has 1 atom stereocenters. The van der Waals surface area contributed by atoms with E-state index in [4.69, 9.17) is 10.4 Å². The molecular weight excluding hydrogens is 250 g/mol. The number of thiophene rings is 1. The number of carbonyl (C=O) groups excluding carboxylic acids is 1. The van der Waals surface area contributed by atoms with Gasteiger partial charge < -0.3 is 10.4 Å². The molecule has 5 nitrogen and oxygen atoms in total. The van der Waals surface area contributed by atoms with E-state index in [1.54, 1.807) is 11.4 Å². The molecule has 0 saturated carbocycles. The van der Waals surface area contributed by atoms with Gasteiger partial charge in [0.25, 0.3) is 0 Å². The molecule has 0 bridgehead atoms. The van der Waals surface area contributed by atoms with Crippen LogP contribution < -0.4 is 5.32 Å². The molecule has 2 heterocycles. The number of aliphatic hydroxyl groups is 1. The van der Waals surface area contributed by atoms with Gasteiger partial charge in [-0.25, -0.2) is 0 Å². The van der Waals surface area contributed by atoms with Gasteiger partial charge in [-0.3, -0.25) is 9.69 Å². The van der Waals surface area contributed by atoms with Crippen molar-refractivity contribution in [1.82, 2.24) is 4.90 Å². The lowest BCUT2D eigenvalue weighted by molar-refractivity contribution is -0.117. The standard InChI is InChI=1S/C12H15N3O2S/c13-5-10-2-4-18-12(10)14-11(17)7-15-3-1-9(6-15)8-16/h2,4,9,16H,1,3,6-8H2,(H,14,17). The second-order valence-corrected chi connectivity index (χ2v) is 5.31. The number of amides is 1. The summed E-state index contributed by atoms with van der Waals surface area (Å²) in [6.45, 7) is 2.11. The fourth-order valence-electron chi connectivity index (χ4n) is 2.07. The predicted octanol–water partition coefficient (Wildman–Crippen LogP) is 0.872. The van der Waals surface area contributed by atoms with Gasteiger partial charge >= 0.3 is 0 Å². The Morgan fingerprint density at radius 2 is 2.56 bits per heavy atom. The molecule has 1 unspecified atom stereocenters. The Morgan fingerprint density at radius 3 is 3.22 bits per heavy atom. The molecule has 0 aromatic carbocycles. The SMILES string of the molecule is N#Cc1ccsc1NC(=O)CN1CCC(CO)C1. The van der Waals surface area contributed by atoms with E-state index in [0.717, 1.165) is 19.5 Å².